The summed E-state index contributed by atoms with van der Waals surface area (Å²) in [6.45, 7) is 0. The zero-order valence-corrected chi connectivity index (χ0v) is 10.0. The highest BCUT2D eigenvalue weighted by Gasteiger charge is 2.10. The Hall–Kier alpha value is -1.27. The predicted octanol–water partition coefficient (Wildman–Crippen LogP) is 1.04. The third-order valence-corrected chi connectivity index (χ3v) is 2.92. The second-order valence-corrected chi connectivity index (χ2v) is 4.50. The van der Waals surface area contributed by atoms with Gasteiger partial charge in [-0.3, -0.25) is 0 Å². The number of nitrogens with zero attached hydrogens (tertiary/aromatic N) is 1. The fourth-order valence-electron chi connectivity index (χ4n) is 1.17. The van der Waals surface area contributed by atoms with Crippen molar-refractivity contribution < 1.29 is 18.3 Å². The van der Waals surface area contributed by atoms with Crippen LogP contribution >= 0.6 is 11.6 Å². The van der Waals surface area contributed by atoms with Crippen LogP contribution in [0.4, 0.5) is 5.69 Å². The first-order chi connectivity index (χ1) is 7.41. The first-order valence-electron chi connectivity index (χ1n) is 4.27. The molecule has 1 aromatic carbocycles. The number of hydrogen-bond acceptors (Lipinski definition) is 4. The zero-order valence-electron chi connectivity index (χ0n) is 8.38. The lowest BCUT2D eigenvalue weighted by molar-refractivity contribution is 0.0697. The second kappa shape index (κ2) is 5.18. The second-order valence-electron chi connectivity index (χ2n) is 3.14. The molecule has 0 radical (unpaired) electrons. The van der Waals surface area contributed by atoms with Crippen molar-refractivity contribution in [3.8, 4) is 0 Å². The molecule has 1 aromatic rings. The van der Waals surface area contributed by atoms with E-state index in [1.807, 2.05) is 0 Å². The van der Waals surface area contributed by atoms with Crippen LogP contribution in [0.25, 0.3) is 0 Å². The molecule has 0 saturated carbocycles. The molecule has 0 heterocycles. The van der Waals surface area contributed by atoms with Gasteiger partial charge in [-0.1, -0.05) is 11.6 Å². The van der Waals surface area contributed by atoms with Gasteiger partial charge in [0.25, 0.3) is 0 Å². The Morgan fingerprint density at radius 2 is 2.12 bits per heavy atom. The van der Waals surface area contributed by atoms with Crippen LogP contribution in [0, 0.1) is 0 Å². The molecule has 0 atom stereocenters. The van der Waals surface area contributed by atoms with Gasteiger partial charge in [0.2, 0.25) is 0 Å². The lowest BCUT2D eigenvalue weighted by atomic mass is 10.2. The molecule has 88 valence electrons. The van der Waals surface area contributed by atoms with E-state index in [-0.39, 0.29) is 16.5 Å². The highest BCUT2D eigenvalue weighted by Crippen LogP contribution is 2.22. The van der Waals surface area contributed by atoms with Crippen LogP contribution in [0.15, 0.2) is 18.2 Å². The highest BCUT2D eigenvalue weighted by molar-refractivity contribution is 7.72. The summed E-state index contributed by atoms with van der Waals surface area (Å²) < 4.78 is 21.0. The summed E-state index contributed by atoms with van der Waals surface area (Å²) in [5, 5.41) is 8.83. The van der Waals surface area contributed by atoms with Crippen LogP contribution in [-0.2, 0) is 10.7 Å². The van der Waals surface area contributed by atoms with Crippen molar-refractivity contribution in [2.24, 2.45) is 0 Å². The minimum Gasteiger partial charge on any atom is -0.478 e. The van der Waals surface area contributed by atoms with E-state index in [1.165, 1.54) is 23.1 Å². The van der Waals surface area contributed by atoms with Gasteiger partial charge in [0.1, 0.15) is 5.88 Å². The minimum absolute atomic E-state index is 0.00896. The predicted molar refractivity (Wildman–Crippen MR) is 62.0 cm³/mol. The molecule has 7 heteroatoms. The van der Waals surface area contributed by atoms with Gasteiger partial charge in [-0.05, 0) is 18.2 Å². The lowest BCUT2D eigenvalue weighted by Crippen LogP contribution is -2.19. The maximum absolute atomic E-state index is 10.7. The van der Waals surface area contributed by atoms with E-state index in [0.29, 0.717) is 5.69 Å². The van der Waals surface area contributed by atoms with Gasteiger partial charge >= 0.3 is 5.97 Å². The van der Waals surface area contributed by atoms with Crippen molar-refractivity contribution in [2.75, 3.05) is 17.8 Å². The SMILES string of the molecule is CN(C[SH](=O)=O)c1ccc(C(=O)O)c(Cl)c1. The summed E-state index contributed by atoms with van der Waals surface area (Å²) in [6.07, 6.45) is 0. The standard InChI is InChI=1S/C9H10ClNO4S/c1-11(5-16(14)15)6-2-3-7(9(12)13)8(10)4-6/h2-4,16H,5H2,1H3,(H,12,13). The molecule has 0 aliphatic heterocycles. The van der Waals surface area contributed by atoms with Crippen molar-refractivity contribution in [3.05, 3.63) is 28.8 Å². The van der Waals surface area contributed by atoms with E-state index in [1.54, 1.807) is 7.05 Å². The van der Waals surface area contributed by atoms with Gasteiger partial charge in [0.15, 0.2) is 10.7 Å². The third kappa shape index (κ3) is 3.11. The summed E-state index contributed by atoms with van der Waals surface area (Å²) in [5.74, 6) is -1.26. The normalized spacial score (nSPS) is 10.4. The van der Waals surface area contributed by atoms with Crippen LogP contribution in [-0.4, -0.2) is 32.4 Å². The molecule has 0 aliphatic rings. The molecule has 16 heavy (non-hydrogen) atoms. The number of rotatable bonds is 4. The number of carbonyl (C=O) groups is 1. The summed E-state index contributed by atoms with van der Waals surface area (Å²) >= 11 is 5.75. The van der Waals surface area contributed by atoms with Crippen LogP contribution < -0.4 is 4.90 Å². The van der Waals surface area contributed by atoms with Crippen molar-refractivity contribution in [1.29, 1.82) is 0 Å². The van der Waals surface area contributed by atoms with Gasteiger partial charge < -0.3 is 10.0 Å². The Morgan fingerprint density at radius 3 is 2.56 bits per heavy atom. The highest BCUT2D eigenvalue weighted by atomic mass is 35.5. The number of hydrogen-bond donors (Lipinski definition) is 2. The number of halogens is 1. The van der Waals surface area contributed by atoms with Crippen LogP contribution in [0.3, 0.4) is 0 Å². The Balaban J connectivity index is 3.01. The molecule has 0 fully saturated rings. The van der Waals surface area contributed by atoms with E-state index in [4.69, 9.17) is 16.7 Å². The molecule has 0 amide bonds. The summed E-state index contributed by atoms with van der Waals surface area (Å²) in [7, 11) is -0.946. The van der Waals surface area contributed by atoms with E-state index in [2.05, 4.69) is 0 Å². The zero-order chi connectivity index (χ0) is 12.3. The molecule has 0 aromatic heterocycles. The van der Waals surface area contributed by atoms with Crippen molar-refractivity contribution in [1.82, 2.24) is 0 Å². The molecule has 0 aliphatic carbocycles. The summed E-state index contributed by atoms with van der Waals surface area (Å²) in [4.78, 5) is 12.1. The maximum atomic E-state index is 10.7. The van der Waals surface area contributed by atoms with E-state index < -0.39 is 16.7 Å². The number of benzene rings is 1. The average Bonchev–Trinajstić information content (AvgIpc) is 2.15. The van der Waals surface area contributed by atoms with Gasteiger partial charge in [-0.2, -0.15) is 0 Å². The molecule has 5 nitrogen and oxygen atoms in total. The Kier molecular flexibility index (Phi) is 4.14. The Morgan fingerprint density at radius 1 is 1.50 bits per heavy atom. The lowest BCUT2D eigenvalue weighted by Gasteiger charge is -2.16. The van der Waals surface area contributed by atoms with Gasteiger partial charge in [0, 0.05) is 12.7 Å². The van der Waals surface area contributed by atoms with Gasteiger partial charge in [-0.15, -0.1) is 0 Å². The molecular weight excluding hydrogens is 254 g/mol. The number of aromatic carboxylic acids is 1. The summed E-state index contributed by atoms with van der Waals surface area (Å²) in [6, 6.07) is 4.27. The first-order valence-corrected chi connectivity index (χ1v) is 6.01. The molecule has 0 spiro atoms. The smallest absolute Gasteiger partial charge is 0.337 e. The van der Waals surface area contributed by atoms with Crippen LogP contribution in [0.5, 0.6) is 0 Å². The maximum Gasteiger partial charge on any atom is 0.337 e. The fourth-order valence-corrected chi connectivity index (χ4v) is 1.94. The van der Waals surface area contributed by atoms with E-state index in [0.717, 1.165) is 0 Å². The van der Waals surface area contributed by atoms with Gasteiger partial charge in [-0.25, -0.2) is 13.2 Å². The van der Waals surface area contributed by atoms with E-state index >= 15 is 0 Å². The van der Waals surface area contributed by atoms with E-state index in [9.17, 15) is 13.2 Å². The minimum atomic E-state index is -2.53. The Labute approximate surface area is 99.2 Å². The molecule has 0 saturated heterocycles. The third-order valence-electron chi connectivity index (χ3n) is 1.95. The monoisotopic (exact) mass is 263 g/mol. The average molecular weight is 264 g/mol. The molecular formula is C9H10ClNO4S. The van der Waals surface area contributed by atoms with Crippen molar-refractivity contribution in [3.63, 3.8) is 0 Å². The summed E-state index contributed by atoms with van der Waals surface area (Å²) in [5.41, 5.74) is 0.541. The van der Waals surface area contributed by atoms with Gasteiger partial charge in [0.05, 0.1) is 10.6 Å². The Bertz CT molecular complexity index is 478. The number of carboxylic acids is 1. The quantitative estimate of drug-likeness (QED) is 0.794. The molecule has 0 unspecified atom stereocenters. The number of thiol groups is 1. The topological polar surface area (TPSA) is 74.7 Å². The first kappa shape index (κ1) is 12.8. The van der Waals surface area contributed by atoms with Crippen LogP contribution in [0.2, 0.25) is 5.02 Å². The van der Waals surface area contributed by atoms with Crippen LogP contribution in [0.1, 0.15) is 10.4 Å². The molecule has 0 bridgehead atoms. The number of carboxylic acid groups (broad SMARTS) is 1. The largest absolute Gasteiger partial charge is 0.478 e. The molecule has 1 N–H and O–H groups in total. The van der Waals surface area contributed by atoms with Crippen molar-refractivity contribution >= 4 is 34.0 Å². The number of anilines is 1. The fraction of sp³-hybridized carbons (Fsp3) is 0.222. The van der Waals surface area contributed by atoms with Crippen molar-refractivity contribution in [2.45, 2.75) is 0 Å². The molecule has 1 rings (SSSR count).